The van der Waals surface area contributed by atoms with E-state index in [1.807, 2.05) is 40.4 Å². The van der Waals surface area contributed by atoms with Gasteiger partial charge < -0.3 is 5.32 Å². The normalized spacial score (nSPS) is 10.9. The number of nitrogens with zero attached hydrogens (tertiary/aromatic N) is 3. The molecule has 0 aliphatic rings. The van der Waals surface area contributed by atoms with E-state index in [4.69, 9.17) is 0 Å². The van der Waals surface area contributed by atoms with Crippen molar-refractivity contribution in [2.45, 2.75) is 53.0 Å². The minimum absolute atomic E-state index is 0.0206. The molecule has 0 spiro atoms. The van der Waals surface area contributed by atoms with Crippen molar-refractivity contribution in [2.24, 2.45) is 0 Å². The van der Waals surface area contributed by atoms with Crippen LogP contribution < -0.4 is 5.32 Å². The van der Waals surface area contributed by atoms with Crippen LogP contribution in [0.2, 0.25) is 0 Å². The number of rotatable bonds is 8. The molecule has 142 valence electrons. The average molecular weight is 383 g/mol. The minimum Gasteiger partial charge on any atom is -0.352 e. The molecule has 3 rings (SSSR count). The molecule has 2 aromatic heterocycles. The Morgan fingerprint density at radius 3 is 2.74 bits per heavy atom. The summed E-state index contributed by atoms with van der Waals surface area (Å²) in [5.74, 6) is -0.0206. The van der Waals surface area contributed by atoms with Crippen LogP contribution in [0.15, 0.2) is 35.7 Å². The molecule has 0 atom stereocenters. The van der Waals surface area contributed by atoms with Gasteiger partial charge >= 0.3 is 0 Å². The van der Waals surface area contributed by atoms with Gasteiger partial charge in [-0.2, -0.15) is 5.10 Å². The Labute approximate surface area is 164 Å². The van der Waals surface area contributed by atoms with Gasteiger partial charge in [0.25, 0.3) is 0 Å². The second kappa shape index (κ2) is 8.95. The number of unbranched alkanes of at least 4 members (excludes halogenated alkanes) is 1. The van der Waals surface area contributed by atoms with E-state index in [1.54, 1.807) is 0 Å². The Balaban J connectivity index is 1.64. The van der Waals surface area contributed by atoms with Gasteiger partial charge in [0.2, 0.25) is 11.0 Å². The smallest absolute Gasteiger partial charge is 0.226 e. The molecule has 0 saturated carbocycles. The highest BCUT2D eigenvalue weighted by Gasteiger charge is 2.15. The zero-order valence-electron chi connectivity index (χ0n) is 16.2. The van der Waals surface area contributed by atoms with E-state index in [1.165, 1.54) is 23.3 Å². The number of aryl methyl sites for hydroxylation is 1. The van der Waals surface area contributed by atoms with E-state index < -0.39 is 0 Å². The number of thiazole rings is 1. The summed E-state index contributed by atoms with van der Waals surface area (Å²) >= 11 is 1.53. The maximum absolute atomic E-state index is 12.2. The van der Waals surface area contributed by atoms with Gasteiger partial charge in [-0.1, -0.05) is 43.7 Å². The molecule has 1 amide bonds. The number of hydrogen-bond donors (Lipinski definition) is 1. The first-order valence-electron chi connectivity index (χ1n) is 9.39. The molecule has 2 heterocycles. The van der Waals surface area contributed by atoms with Crippen molar-refractivity contribution < 1.29 is 4.79 Å². The molecule has 1 N–H and O–H groups in total. The molecular formula is C21H26N4OS. The number of amides is 1. The molecule has 0 radical (unpaired) electrons. The van der Waals surface area contributed by atoms with Crippen molar-refractivity contribution >= 4 is 17.2 Å². The van der Waals surface area contributed by atoms with E-state index in [0.29, 0.717) is 6.54 Å². The van der Waals surface area contributed by atoms with Crippen LogP contribution in [0, 0.1) is 13.8 Å². The van der Waals surface area contributed by atoms with Crippen molar-refractivity contribution in [3.8, 4) is 5.13 Å². The first-order valence-corrected chi connectivity index (χ1v) is 10.3. The van der Waals surface area contributed by atoms with Crippen molar-refractivity contribution in [1.29, 1.82) is 0 Å². The highest BCUT2D eigenvalue weighted by Crippen LogP contribution is 2.22. The van der Waals surface area contributed by atoms with Gasteiger partial charge in [0, 0.05) is 17.6 Å². The topological polar surface area (TPSA) is 59.8 Å². The molecule has 5 nitrogen and oxygen atoms in total. The second-order valence-corrected chi connectivity index (χ2v) is 7.56. The quantitative estimate of drug-likeness (QED) is 0.637. The van der Waals surface area contributed by atoms with Gasteiger partial charge in [-0.3, -0.25) is 4.79 Å². The third-order valence-corrected chi connectivity index (χ3v) is 5.48. The van der Waals surface area contributed by atoms with Gasteiger partial charge in [0.1, 0.15) is 0 Å². The number of benzene rings is 1. The monoisotopic (exact) mass is 382 g/mol. The van der Waals surface area contributed by atoms with Crippen LogP contribution in [0.3, 0.4) is 0 Å². The Morgan fingerprint density at radius 2 is 2.00 bits per heavy atom. The zero-order valence-corrected chi connectivity index (χ0v) is 17.0. The van der Waals surface area contributed by atoms with Crippen LogP contribution in [0.5, 0.6) is 0 Å². The predicted molar refractivity (Wildman–Crippen MR) is 109 cm³/mol. The molecule has 0 unspecified atom stereocenters. The summed E-state index contributed by atoms with van der Waals surface area (Å²) in [6.45, 7) is 6.89. The lowest BCUT2D eigenvalue weighted by Crippen LogP contribution is -2.24. The first-order chi connectivity index (χ1) is 13.1. The Bertz CT molecular complexity index is 898. The number of hydrogen-bond acceptors (Lipinski definition) is 4. The molecule has 0 bridgehead atoms. The molecule has 0 saturated heterocycles. The van der Waals surface area contributed by atoms with Gasteiger partial charge in [-0.05, 0) is 37.8 Å². The van der Waals surface area contributed by atoms with Crippen molar-refractivity contribution in [3.05, 3.63) is 63.9 Å². The fraction of sp³-hybridized carbons (Fsp3) is 0.381. The van der Waals surface area contributed by atoms with Gasteiger partial charge in [-0.25, -0.2) is 9.67 Å². The molecule has 27 heavy (non-hydrogen) atoms. The lowest BCUT2D eigenvalue weighted by molar-refractivity contribution is -0.120. The lowest BCUT2D eigenvalue weighted by atomic mass is 10.1. The van der Waals surface area contributed by atoms with Crippen LogP contribution in [0.1, 0.15) is 48.0 Å². The average Bonchev–Trinajstić information content (AvgIpc) is 3.23. The van der Waals surface area contributed by atoms with Crippen molar-refractivity contribution in [3.63, 3.8) is 0 Å². The molecular weight excluding hydrogens is 356 g/mol. The van der Waals surface area contributed by atoms with E-state index in [2.05, 4.69) is 36.2 Å². The highest BCUT2D eigenvalue weighted by atomic mass is 32.1. The first kappa shape index (κ1) is 19.3. The molecule has 0 aliphatic carbocycles. The maximum atomic E-state index is 12.2. The van der Waals surface area contributed by atoms with Crippen LogP contribution in [-0.2, 0) is 24.2 Å². The van der Waals surface area contributed by atoms with Crippen LogP contribution in [0.25, 0.3) is 5.13 Å². The van der Waals surface area contributed by atoms with Crippen LogP contribution in [0.4, 0.5) is 0 Å². The largest absolute Gasteiger partial charge is 0.352 e. The van der Waals surface area contributed by atoms with E-state index in [0.717, 1.165) is 40.6 Å². The summed E-state index contributed by atoms with van der Waals surface area (Å²) in [6.07, 6.45) is 3.67. The molecule has 0 fully saturated rings. The summed E-state index contributed by atoms with van der Waals surface area (Å²) in [7, 11) is 0. The fourth-order valence-electron chi connectivity index (χ4n) is 3.07. The molecule has 3 aromatic rings. The summed E-state index contributed by atoms with van der Waals surface area (Å²) in [5.41, 5.74) is 5.40. The molecule has 1 aromatic carbocycles. The number of aromatic nitrogens is 3. The molecule has 6 heteroatoms. The minimum atomic E-state index is -0.0206. The number of nitrogens with one attached hydrogen (secondary N) is 1. The number of carbonyl (C=O) groups excluding carboxylic acids is 1. The van der Waals surface area contributed by atoms with Crippen LogP contribution in [-0.4, -0.2) is 20.7 Å². The fourth-order valence-corrected chi connectivity index (χ4v) is 3.90. The number of carbonyl (C=O) groups is 1. The lowest BCUT2D eigenvalue weighted by Gasteiger charge is -2.04. The van der Waals surface area contributed by atoms with Gasteiger partial charge in [0.15, 0.2) is 0 Å². The summed E-state index contributed by atoms with van der Waals surface area (Å²) < 4.78 is 1.91. The SMILES string of the molecule is CCCCc1c(C)nn(-c2nc(CC(=O)NCc3ccccc3)cs2)c1C. The summed E-state index contributed by atoms with van der Waals surface area (Å²) in [4.78, 5) is 16.8. The Hall–Kier alpha value is -2.47. The van der Waals surface area contributed by atoms with Crippen LogP contribution >= 0.6 is 11.3 Å². The third kappa shape index (κ3) is 4.83. The van der Waals surface area contributed by atoms with Crippen molar-refractivity contribution in [2.75, 3.05) is 0 Å². The van der Waals surface area contributed by atoms with Crippen molar-refractivity contribution in [1.82, 2.24) is 20.1 Å². The maximum Gasteiger partial charge on any atom is 0.226 e. The van der Waals surface area contributed by atoms with E-state index in [9.17, 15) is 4.79 Å². The van der Waals surface area contributed by atoms with E-state index >= 15 is 0 Å². The Kier molecular flexibility index (Phi) is 6.40. The van der Waals surface area contributed by atoms with Gasteiger partial charge in [0.05, 0.1) is 17.8 Å². The molecule has 0 aliphatic heterocycles. The third-order valence-electron chi connectivity index (χ3n) is 4.62. The Morgan fingerprint density at radius 1 is 1.22 bits per heavy atom. The van der Waals surface area contributed by atoms with E-state index in [-0.39, 0.29) is 12.3 Å². The second-order valence-electron chi connectivity index (χ2n) is 6.73. The summed E-state index contributed by atoms with van der Waals surface area (Å²) in [5, 5.41) is 10.4. The zero-order chi connectivity index (χ0) is 19.2. The van der Waals surface area contributed by atoms with Gasteiger partial charge in [-0.15, -0.1) is 11.3 Å². The highest BCUT2D eigenvalue weighted by molar-refractivity contribution is 7.12. The predicted octanol–water partition coefficient (Wildman–Crippen LogP) is 4.15. The summed E-state index contributed by atoms with van der Waals surface area (Å²) in [6, 6.07) is 9.91. The standard InChI is InChI=1S/C21H26N4OS/c1-4-5-11-19-15(2)24-25(16(19)3)21-23-18(14-27-21)12-20(26)22-13-17-9-7-6-8-10-17/h6-10,14H,4-5,11-13H2,1-3H3,(H,22,26).